The Balaban J connectivity index is 1.77. The number of hydrogen-bond donors (Lipinski definition) is 1. The zero-order valence-corrected chi connectivity index (χ0v) is 13.7. The van der Waals surface area contributed by atoms with Crippen molar-refractivity contribution >= 4 is 16.9 Å². The number of hydrogen-bond acceptors (Lipinski definition) is 4. The van der Waals surface area contributed by atoms with Crippen LogP contribution in [0, 0.1) is 0 Å². The zero-order chi connectivity index (χ0) is 19.6. The first-order chi connectivity index (χ1) is 12.8. The Hall–Kier alpha value is -3.36. The van der Waals surface area contributed by atoms with Crippen molar-refractivity contribution in [2.75, 3.05) is 0 Å². The molecule has 0 aliphatic rings. The lowest BCUT2D eigenvalue weighted by molar-refractivity contribution is -0.145. The number of aromatic amines is 1. The first kappa shape index (κ1) is 18.4. The molecule has 6 nitrogen and oxygen atoms in total. The van der Waals surface area contributed by atoms with Gasteiger partial charge in [0.2, 0.25) is 0 Å². The highest BCUT2D eigenvalue weighted by atomic mass is 19.4. The van der Waals surface area contributed by atoms with Crippen LogP contribution in [0.3, 0.4) is 0 Å². The van der Waals surface area contributed by atoms with E-state index in [4.69, 9.17) is 4.74 Å². The van der Waals surface area contributed by atoms with Crippen LogP contribution in [-0.4, -0.2) is 15.5 Å². The van der Waals surface area contributed by atoms with E-state index in [0.29, 0.717) is 0 Å². The van der Waals surface area contributed by atoms with Gasteiger partial charge in [-0.05, 0) is 29.8 Å². The minimum absolute atomic E-state index is 0.164. The van der Waals surface area contributed by atoms with Gasteiger partial charge in [-0.15, -0.1) is 0 Å². The van der Waals surface area contributed by atoms with E-state index in [9.17, 15) is 27.6 Å². The number of para-hydroxylation sites is 1. The summed E-state index contributed by atoms with van der Waals surface area (Å²) < 4.78 is 44.1. The Kier molecular flexibility index (Phi) is 4.85. The molecule has 0 radical (unpaired) electrons. The van der Waals surface area contributed by atoms with Crippen LogP contribution in [0.5, 0.6) is 0 Å². The minimum Gasteiger partial charge on any atom is -0.459 e. The molecule has 9 heteroatoms. The molecule has 1 aromatic heterocycles. The number of rotatable bonds is 4. The normalized spacial score (nSPS) is 11.5. The minimum atomic E-state index is -4.50. The van der Waals surface area contributed by atoms with Gasteiger partial charge in [0, 0.05) is 0 Å². The molecule has 0 bridgehead atoms. The second kappa shape index (κ2) is 7.10. The van der Waals surface area contributed by atoms with Gasteiger partial charge < -0.3 is 4.74 Å². The van der Waals surface area contributed by atoms with E-state index in [2.05, 4.69) is 4.98 Å². The van der Waals surface area contributed by atoms with E-state index in [1.807, 2.05) is 0 Å². The molecule has 140 valence electrons. The summed E-state index contributed by atoms with van der Waals surface area (Å²) in [5, 5.41) is 0.225. The fourth-order valence-corrected chi connectivity index (χ4v) is 2.58. The van der Waals surface area contributed by atoms with Crippen molar-refractivity contribution in [1.82, 2.24) is 9.55 Å². The number of carbonyl (C=O) groups excluding carboxylic acids is 1. The Morgan fingerprint density at radius 1 is 1.07 bits per heavy atom. The lowest BCUT2D eigenvalue weighted by Gasteiger charge is -2.11. The van der Waals surface area contributed by atoms with E-state index in [1.54, 1.807) is 12.1 Å². The van der Waals surface area contributed by atoms with Crippen LogP contribution in [0.2, 0.25) is 0 Å². The number of aromatic nitrogens is 2. The van der Waals surface area contributed by atoms with Crippen LogP contribution in [0.15, 0.2) is 58.1 Å². The van der Waals surface area contributed by atoms with Crippen molar-refractivity contribution in [3.05, 3.63) is 80.5 Å². The van der Waals surface area contributed by atoms with E-state index in [0.717, 1.165) is 16.7 Å². The highest BCUT2D eigenvalue weighted by Crippen LogP contribution is 2.29. The molecular formula is C18H13F3N2O4. The predicted molar refractivity (Wildman–Crippen MR) is 90.1 cm³/mol. The quantitative estimate of drug-likeness (QED) is 0.707. The number of ether oxygens (including phenoxy) is 1. The first-order valence-corrected chi connectivity index (χ1v) is 7.79. The van der Waals surface area contributed by atoms with Crippen LogP contribution in [-0.2, 0) is 28.9 Å². The lowest BCUT2D eigenvalue weighted by atomic mass is 10.1. The van der Waals surface area contributed by atoms with Gasteiger partial charge in [-0.2, -0.15) is 13.2 Å². The van der Waals surface area contributed by atoms with Crippen LogP contribution in [0.1, 0.15) is 11.1 Å². The van der Waals surface area contributed by atoms with Crippen molar-refractivity contribution in [1.29, 1.82) is 0 Å². The molecule has 3 rings (SSSR count). The molecule has 0 aliphatic carbocycles. The molecular weight excluding hydrogens is 365 g/mol. The van der Waals surface area contributed by atoms with E-state index >= 15 is 0 Å². The van der Waals surface area contributed by atoms with Crippen molar-refractivity contribution in [2.24, 2.45) is 0 Å². The highest BCUT2D eigenvalue weighted by molar-refractivity contribution is 5.79. The van der Waals surface area contributed by atoms with Crippen molar-refractivity contribution in [2.45, 2.75) is 19.3 Å². The summed E-state index contributed by atoms with van der Waals surface area (Å²) in [6.07, 6.45) is -4.50. The SMILES string of the molecule is O=C(Cn1c(=O)[nH]c(=O)c2ccccc21)OCc1cccc(C(F)(F)F)c1. The molecule has 0 aliphatic heterocycles. The number of benzene rings is 2. The fraction of sp³-hybridized carbons (Fsp3) is 0.167. The molecule has 0 saturated heterocycles. The Morgan fingerprint density at radius 3 is 2.56 bits per heavy atom. The maximum absolute atomic E-state index is 12.7. The predicted octanol–water partition coefficient (Wildman–Crippen LogP) is 2.45. The molecule has 0 saturated carbocycles. The second-order valence-electron chi connectivity index (χ2n) is 5.72. The van der Waals surface area contributed by atoms with Crippen LogP contribution in [0.4, 0.5) is 13.2 Å². The van der Waals surface area contributed by atoms with Gasteiger partial charge in [-0.1, -0.05) is 24.3 Å². The summed E-state index contributed by atoms with van der Waals surface area (Å²) in [5.74, 6) is -0.827. The molecule has 1 heterocycles. The molecule has 0 spiro atoms. The maximum atomic E-state index is 12.7. The van der Waals surface area contributed by atoms with Crippen molar-refractivity contribution < 1.29 is 22.7 Å². The van der Waals surface area contributed by atoms with Crippen LogP contribution >= 0.6 is 0 Å². The third-order valence-corrected chi connectivity index (χ3v) is 3.85. The third-order valence-electron chi connectivity index (χ3n) is 3.85. The highest BCUT2D eigenvalue weighted by Gasteiger charge is 2.30. The molecule has 0 amide bonds. The molecule has 0 unspecified atom stereocenters. The monoisotopic (exact) mass is 378 g/mol. The number of nitrogens with one attached hydrogen (secondary N) is 1. The molecule has 0 atom stereocenters. The summed E-state index contributed by atoms with van der Waals surface area (Å²) >= 11 is 0. The van der Waals surface area contributed by atoms with Gasteiger partial charge in [0.15, 0.2) is 0 Å². The molecule has 1 N–H and O–H groups in total. The van der Waals surface area contributed by atoms with Gasteiger partial charge in [-0.25, -0.2) is 4.79 Å². The zero-order valence-electron chi connectivity index (χ0n) is 13.7. The number of halogens is 3. The topological polar surface area (TPSA) is 81.2 Å². The number of H-pyrrole nitrogens is 1. The molecule has 2 aromatic carbocycles. The smallest absolute Gasteiger partial charge is 0.416 e. The fourth-order valence-electron chi connectivity index (χ4n) is 2.58. The number of carbonyl (C=O) groups is 1. The molecule has 0 fully saturated rings. The molecule has 3 aromatic rings. The van der Waals surface area contributed by atoms with Crippen molar-refractivity contribution in [3.63, 3.8) is 0 Å². The number of alkyl halides is 3. The van der Waals surface area contributed by atoms with Gasteiger partial charge in [0.1, 0.15) is 13.2 Å². The summed E-state index contributed by atoms with van der Waals surface area (Å²) in [6.45, 7) is -0.867. The summed E-state index contributed by atoms with van der Waals surface area (Å²) in [4.78, 5) is 37.9. The third kappa shape index (κ3) is 4.08. The Morgan fingerprint density at radius 2 is 1.81 bits per heavy atom. The van der Waals surface area contributed by atoms with Crippen molar-refractivity contribution in [3.8, 4) is 0 Å². The van der Waals surface area contributed by atoms with Gasteiger partial charge in [0.05, 0.1) is 16.5 Å². The summed E-state index contributed by atoms with van der Waals surface area (Å²) in [5.41, 5.74) is -1.79. The van der Waals surface area contributed by atoms with E-state index in [1.165, 1.54) is 24.3 Å². The Bertz CT molecular complexity index is 1120. The Labute approximate surface area is 149 Å². The maximum Gasteiger partial charge on any atom is 0.416 e. The average molecular weight is 378 g/mol. The summed E-state index contributed by atoms with van der Waals surface area (Å²) in [6, 6.07) is 10.6. The number of fused-ring (bicyclic) bond motifs is 1. The largest absolute Gasteiger partial charge is 0.459 e. The van der Waals surface area contributed by atoms with E-state index in [-0.39, 0.29) is 23.1 Å². The standard InChI is InChI=1S/C18H13F3N2O4/c19-18(20,21)12-5-3-4-11(8-12)10-27-15(24)9-23-14-7-2-1-6-13(14)16(25)22-17(23)26/h1-8H,9-10H2,(H,22,25,26). The first-order valence-electron chi connectivity index (χ1n) is 7.79. The average Bonchev–Trinajstić information content (AvgIpc) is 2.63. The van der Waals surface area contributed by atoms with Gasteiger partial charge in [0.25, 0.3) is 5.56 Å². The lowest BCUT2D eigenvalue weighted by Crippen LogP contribution is -2.32. The second-order valence-corrected chi connectivity index (χ2v) is 5.72. The van der Waals surface area contributed by atoms with Crippen LogP contribution in [0.25, 0.3) is 10.9 Å². The van der Waals surface area contributed by atoms with Gasteiger partial charge >= 0.3 is 17.8 Å². The number of nitrogens with zero attached hydrogens (tertiary/aromatic N) is 1. The van der Waals surface area contributed by atoms with Gasteiger partial charge in [-0.3, -0.25) is 19.1 Å². The van der Waals surface area contributed by atoms with Crippen LogP contribution < -0.4 is 11.2 Å². The molecule has 27 heavy (non-hydrogen) atoms. The number of esters is 1. The summed E-state index contributed by atoms with van der Waals surface area (Å²) in [7, 11) is 0. The van der Waals surface area contributed by atoms with E-state index < -0.39 is 35.5 Å².